The molecule has 0 aliphatic carbocycles. The summed E-state index contributed by atoms with van der Waals surface area (Å²) >= 11 is 0. The van der Waals surface area contributed by atoms with Gasteiger partial charge in [0.15, 0.2) is 0 Å². The van der Waals surface area contributed by atoms with Crippen LogP contribution in [0, 0.1) is 11.8 Å². The Morgan fingerprint density at radius 2 is 2.21 bits per heavy atom. The highest BCUT2D eigenvalue weighted by atomic mass is 35.5. The first-order valence-electron chi connectivity index (χ1n) is 7.95. The van der Waals surface area contributed by atoms with Crippen LogP contribution in [0.4, 0.5) is 0 Å². The minimum atomic E-state index is -3.72. The lowest BCUT2D eigenvalue weighted by atomic mass is 9.85. The lowest BCUT2D eigenvalue weighted by molar-refractivity contribution is -0.122. The van der Waals surface area contributed by atoms with E-state index in [-0.39, 0.29) is 23.2 Å². The Kier molecular flexibility index (Phi) is 8.15. The molecule has 6 nitrogen and oxygen atoms in total. The Morgan fingerprint density at radius 1 is 1.46 bits per heavy atom. The number of hydrogen-bond acceptors (Lipinski definition) is 4. The predicted molar refractivity (Wildman–Crippen MR) is 96.3 cm³/mol. The van der Waals surface area contributed by atoms with Gasteiger partial charge in [-0.2, -0.15) is 0 Å². The molecule has 2 unspecified atom stereocenters. The quantitative estimate of drug-likeness (QED) is 0.699. The number of sulfonamides is 1. The van der Waals surface area contributed by atoms with Gasteiger partial charge in [0.1, 0.15) is 0 Å². The molecule has 136 valence electrons. The summed E-state index contributed by atoms with van der Waals surface area (Å²) in [5, 5.41) is 11.3. The van der Waals surface area contributed by atoms with Crippen molar-refractivity contribution in [2.45, 2.75) is 37.6 Å². The molecule has 0 radical (unpaired) electrons. The van der Waals surface area contributed by atoms with Crippen LogP contribution in [0.5, 0.6) is 0 Å². The molecule has 1 aromatic rings. The first-order valence-corrected chi connectivity index (χ1v) is 9.50. The standard InChI is InChI=1S/C16H25N3O3S.ClH/c1-12(14-5-3-7-18-11-14)8-16(20)19-10-13-4-2-6-15(9-13)23(17,21)22;/h2,4,6,9,12,14,18H,3,5,7-8,10-11H2,1H3,(H,19,20)(H2,17,21,22);1H. The Morgan fingerprint density at radius 3 is 2.83 bits per heavy atom. The van der Waals surface area contributed by atoms with Crippen molar-refractivity contribution in [2.75, 3.05) is 13.1 Å². The number of carbonyl (C=O) groups excluding carboxylic acids is 1. The number of carbonyl (C=O) groups is 1. The van der Waals surface area contributed by atoms with Gasteiger partial charge in [0.25, 0.3) is 0 Å². The molecule has 0 saturated carbocycles. The van der Waals surface area contributed by atoms with Gasteiger partial charge in [-0.3, -0.25) is 4.79 Å². The van der Waals surface area contributed by atoms with Crippen molar-refractivity contribution in [3.05, 3.63) is 29.8 Å². The average Bonchev–Trinajstić information content (AvgIpc) is 2.53. The van der Waals surface area contributed by atoms with E-state index in [4.69, 9.17) is 5.14 Å². The summed E-state index contributed by atoms with van der Waals surface area (Å²) in [6.07, 6.45) is 2.82. The zero-order valence-electron chi connectivity index (χ0n) is 13.8. The van der Waals surface area contributed by atoms with Crippen LogP contribution in [-0.2, 0) is 21.4 Å². The zero-order valence-corrected chi connectivity index (χ0v) is 15.5. The normalized spacial score (nSPS) is 19.2. The molecule has 4 N–H and O–H groups in total. The summed E-state index contributed by atoms with van der Waals surface area (Å²) in [7, 11) is -3.72. The summed E-state index contributed by atoms with van der Waals surface area (Å²) < 4.78 is 22.7. The maximum atomic E-state index is 12.1. The third-order valence-electron chi connectivity index (χ3n) is 4.36. The van der Waals surface area contributed by atoms with Crippen molar-refractivity contribution in [1.82, 2.24) is 10.6 Å². The molecular weight excluding hydrogens is 350 g/mol. The number of amides is 1. The number of halogens is 1. The largest absolute Gasteiger partial charge is 0.352 e. The second-order valence-electron chi connectivity index (χ2n) is 6.26. The summed E-state index contributed by atoms with van der Waals surface area (Å²) in [4.78, 5) is 12.1. The van der Waals surface area contributed by atoms with Gasteiger partial charge in [0, 0.05) is 13.0 Å². The number of benzene rings is 1. The lowest BCUT2D eigenvalue weighted by Crippen LogP contribution is -2.35. The maximum absolute atomic E-state index is 12.1. The second-order valence-corrected chi connectivity index (χ2v) is 7.82. The van der Waals surface area contributed by atoms with Gasteiger partial charge in [0.05, 0.1) is 4.90 Å². The predicted octanol–water partition coefficient (Wildman–Crippen LogP) is 1.40. The van der Waals surface area contributed by atoms with E-state index >= 15 is 0 Å². The fourth-order valence-corrected chi connectivity index (χ4v) is 3.51. The molecule has 1 aromatic carbocycles. The van der Waals surface area contributed by atoms with Gasteiger partial charge in [-0.25, -0.2) is 13.6 Å². The average molecular weight is 376 g/mol. The molecular formula is C16H26ClN3O3S. The van der Waals surface area contributed by atoms with E-state index in [0.29, 0.717) is 24.8 Å². The van der Waals surface area contributed by atoms with Crippen LogP contribution < -0.4 is 15.8 Å². The van der Waals surface area contributed by atoms with Gasteiger partial charge in [-0.15, -0.1) is 12.4 Å². The van der Waals surface area contributed by atoms with E-state index in [0.717, 1.165) is 31.5 Å². The third-order valence-corrected chi connectivity index (χ3v) is 5.27. The Labute approximate surface area is 150 Å². The highest BCUT2D eigenvalue weighted by Crippen LogP contribution is 2.22. The first-order chi connectivity index (χ1) is 10.9. The first kappa shape index (κ1) is 20.9. The number of nitrogens with one attached hydrogen (secondary N) is 2. The monoisotopic (exact) mass is 375 g/mol. The SMILES string of the molecule is CC(CC(=O)NCc1cccc(S(N)(=O)=O)c1)C1CCCNC1.Cl. The van der Waals surface area contributed by atoms with Crippen LogP contribution in [0.1, 0.15) is 31.7 Å². The smallest absolute Gasteiger partial charge is 0.238 e. The van der Waals surface area contributed by atoms with E-state index < -0.39 is 10.0 Å². The Hall–Kier alpha value is -1.15. The van der Waals surface area contributed by atoms with Gasteiger partial charge < -0.3 is 10.6 Å². The number of primary sulfonamides is 1. The van der Waals surface area contributed by atoms with Crippen LogP contribution in [0.3, 0.4) is 0 Å². The summed E-state index contributed by atoms with van der Waals surface area (Å²) in [5.41, 5.74) is 0.719. The summed E-state index contributed by atoms with van der Waals surface area (Å²) in [5.74, 6) is 0.864. The van der Waals surface area contributed by atoms with E-state index in [2.05, 4.69) is 17.6 Å². The molecule has 2 rings (SSSR count). The van der Waals surface area contributed by atoms with Crippen molar-refractivity contribution in [2.24, 2.45) is 17.0 Å². The van der Waals surface area contributed by atoms with Crippen molar-refractivity contribution >= 4 is 28.3 Å². The Balaban J connectivity index is 0.00000288. The van der Waals surface area contributed by atoms with E-state index in [9.17, 15) is 13.2 Å². The van der Waals surface area contributed by atoms with Crippen LogP contribution in [0.25, 0.3) is 0 Å². The molecule has 0 spiro atoms. The van der Waals surface area contributed by atoms with Crippen molar-refractivity contribution in [1.29, 1.82) is 0 Å². The summed E-state index contributed by atoms with van der Waals surface area (Å²) in [6, 6.07) is 6.32. The van der Waals surface area contributed by atoms with Crippen LogP contribution in [-0.4, -0.2) is 27.4 Å². The van der Waals surface area contributed by atoms with E-state index in [1.54, 1.807) is 12.1 Å². The van der Waals surface area contributed by atoms with E-state index in [1.807, 2.05) is 0 Å². The van der Waals surface area contributed by atoms with Gasteiger partial charge in [-0.1, -0.05) is 19.1 Å². The van der Waals surface area contributed by atoms with Crippen LogP contribution in [0.15, 0.2) is 29.2 Å². The molecule has 1 amide bonds. The minimum absolute atomic E-state index is 0. The highest BCUT2D eigenvalue weighted by molar-refractivity contribution is 7.89. The molecule has 2 atom stereocenters. The number of nitrogens with two attached hydrogens (primary N) is 1. The molecule has 1 aliphatic heterocycles. The molecule has 1 aliphatic rings. The molecule has 0 aromatic heterocycles. The molecule has 1 heterocycles. The van der Waals surface area contributed by atoms with Crippen LogP contribution in [0.2, 0.25) is 0 Å². The minimum Gasteiger partial charge on any atom is -0.352 e. The number of piperidine rings is 1. The summed E-state index contributed by atoms with van der Waals surface area (Å²) in [6.45, 7) is 4.46. The maximum Gasteiger partial charge on any atom is 0.238 e. The Bertz CT molecular complexity index is 646. The molecule has 1 fully saturated rings. The highest BCUT2D eigenvalue weighted by Gasteiger charge is 2.21. The van der Waals surface area contributed by atoms with E-state index in [1.165, 1.54) is 12.1 Å². The third kappa shape index (κ3) is 6.39. The fraction of sp³-hybridized carbons (Fsp3) is 0.562. The van der Waals surface area contributed by atoms with Crippen molar-refractivity contribution in [3.8, 4) is 0 Å². The lowest BCUT2D eigenvalue weighted by Gasteiger charge is -2.28. The molecule has 0 bridgehead atoms. The topological polar surface area (TPSA) is 101 Å². The number of rotatable bonds is 6. The zero-order chi connectivity index (χ0) is 16.9. The molecule has 24 heavy (non-hydrogen) atoms. The van der Waals surface area contributed by atoms with Gasteiger partial charge in [-0.05, 0) is 55.5 Å². The van der Waals surface area contributed by atoms with Crippen molar-refractivity contribution in [3.63, 3.8) is 0 Å². The number of hydrogen-bond donors (Lipinski definition) is 3. The second kappa shape index (κ2) is 9.36. The van der Waals surface area contributed by atoms with Crippen LogP contribution >= 0.6 is 12.4 Å². The fourth-order valence-electron chi connectivity index (χ4n) is 2.93. The van der Waals surface area contributed by atoms with Crippen molar-refractivity contribution < 1.29 is 13.2 Å². The van der Waals surface area contributed by atoms with Gasteiger partial charge >= 0.3 is 0 Å². The molecule has 1 saturated heterocycles. The van der Waals surface area contributed by atoms with Gasteiger partial charge in [0.2, 0.25) is 15.9 Å². The molecule has 8 heteroatoms.